The van der Waals surface area contributed by atoms with Crippen molar-refractivity contribution < 1.29 is 14.3 Å². The molecule has 1 atom stereocenters. The maximum atomic E-state index is 12.3. The summed E-state index contributed by atoms with van der Waals surface area (Å²) in [6, 6.07) is 14.8. The Hall–Kier alpha value is -2.14. The fourth-order valence-corrected chi connectivity index (χ4v) is 2.66. The normalized spacial score (nSPS) is 11.6. The third-order valence-corrected chi connectivity index (χ3v) is 4.08. The molecule has 0 radical (unpaired) electrons. The molecule has 0 saturated carbocycles. The number of hydrogen-bond donors (Lipinski definition) is 1. The number of hydrogen-bond acceptors (Lipinski definition) is 4. The number of amides is 1. The largest absolute Gasteiger partial charge is 0.497 e. The zero-order valence-electron chi connectivity index (χ0n) is 13.5. The van der Waals surface area contributed by atoms with Gasteiger partial charge in [0.1, 0.15) is 18.1 Å². The van der Waals surface area contributed by atoms with Gasteiger partial charge in [-0.25, -0.2) is 0 Å². The van der Waals surface area contributed by atoms with Crippen molar-refractivity contribution in [1.82, 2.24) is 5.32 Å². The topological polar surface area (TPSA) is 47.6 Å². The molecular formula is C18H21NO3S. The van der Waals surface area contributed by atoms with Crippen LogP contribution in [0, 0.1) is 0 Å². The standard InChI is InChI=1S/C18H21NO3S/c1-13(12-22-15-10-8-14(21-2)9-11-15)19-18(20)16-6-4-5-7-17(16)23-3/h4-11,13H,12H2,1-3H3,(H,19,20)/t13-/m1/s1. The summed E-state index contributed by atoms with van der Waals surface area (Å²) in [4.78, 5) is 13.3. The van der Waals surface area contributed by atoms with Crippen LogP contribution in [-0.2, 0) is 0 Å². The van der Waals surface area contributed by atoms with Gasteiger partial charge in [0.2, 0.25) is 0 Å². The molecule has 1 N–H and O–H groups in total. The second kappa shape index (κ2) is 8.48. The lowest BCUT2D eigenvalue weighted by atomic mass is 10.2. The van der Waals surface area contributed by atoms with Gasteiger partial charge < -0.3 is 14.8 Å². The van der Waals surface area contributed by atoms with Crippen LogP contribution in [-0.4, -0.2) is 31.9 Å². The molecule has 0 heterocycles. The van der Waals surface area contributed by atoms with Gasteiger partial charge in [0.25, 0.3) is 5.91 Å². The number of benzene rings is 2. The molecule has 0 saturated heterocycles. The van der Waals surface area contributed by atoms with Gasteiger partial charge in [0.15, 0.2) is 0 Å². The van der Waals surface area contributed by atoms with Crippen LogP contribution in [0.25, 0.3) is 0 Å². The number of carbonyl (C=O) groups is 1. The first-order chi connectivity index (χ1) is 11.1. The zero-order valence-corrected chi connectivity index (χ0v) is 14.4. The van der Waals surface area contributed by atoms with E-state index in [1.807, 2.05) is 61.7 Å². The van der Waals surface area contributed by atoms with Crippen molar-refractivity contribution in [2.75, 3.05) is 20.0 Å². The molecule has 0 aromatic heterocycles. The Balaban J connectivity index is 1.88. The molecule has 0 bridgehead atoms. The molecule has 2 aromatic carbocycles. The molecule has 23 heavy (non-hydrogen) atoms. The molecule has 0 unspecified atom stereocenters. The monoisotopic (exact) mass is 331 g/mol. The third kappa shape index (κ3) is 4.93. The van der Waals surface area contributed by atoms with Gasteiger partial charge in [-0.2, -0.15) is 0 Å². The predicted molar refractivity (Wildman–Crippen MR) is 93.6 cm³/mol. The minimum absolute atomic E-state index is 0.0826. The van der Waals surface area contributed by atoms with Gasteiger partial charge in [-0.1, -0.05) is 12.1 Å². The van der Waals surface area contributed by atoms with Gasteiger partial charge in [-0.15, -0.1) is 11.8 Å². The average Bonchev–Trinajstić information content (AvgIpc) is 2.60. The van der Waals surface area contributed by atoms with Crippen LogP contribution in [0.4, 0.5) is 0 Å². The second-order valence-corrected chi connectivity index (χ2v) is 5.91. The quantitative estimate of drug-likeness (QED) is 0.787. The SMILES string of the molecule is COc1ccc(OC[C@@H](C)NC(=O)c2ccccc2SC)cc1. The minimum Gasteiger partial charge on any atom is -0.497 e. The van der Waals surface area contributed by atoms with E-state index >= 15 is 0 Å². The molecule has 122 valence electrons. The molecule has 1 amide bonds. The summed E-state index contributed by atoms with van der Waals surface area (Å²) in [5.41, 5.74) is 0.691. The van der Waals surface area contributed by atoms with Gasteiger partial charge in [0, 0.05) is 4.90 Å². The Morgan fingerprint density at radius 2 is 1.78 bits per heavy atom. The lowest BCUT2D eigenvalue weighted by Gasteiger charge is -2.16. The second-order valence-electron chi connectivity index (χ2n) is 5.06. The van der Waals surface area contributed by atoms with E-state index in [2.05, 4.69) is 5.32 Å². The van der Waals surface area contributed by atoms with Gasteiger partial charge >= 0.3 is 0 Å². The zero-order chi connectivity index (χ0) is 16.7. The summed E-state index contributed by atoms with van der Waals surface area (Å²) < 4.78 is 10.8. The highest BCUT2D eigenvalue weighted by atomic mass is 32.2. The molecule has 0 aliphatic carbocycles. The van der Waals surface area contributed by atoms with Crippen LogP contribution >= 0.6 is 11.8 Å². The highest BCUT2D eigenvalue weighted by Crippen LogP contribution is 2.20. The van der Waals surface area contributed by atoms with E-state index < -0.39 is 0 Å². The molecule has 2 aromatic rings. The first-order valence-electron chi connectivity index (χ1n) is 7.34. The molecule has 0 fully saturated rings. The minimum atomic E-state index is -0.0977. The smallest absolute Gasteiger partial charge is 0.252 e. The first kappa shape index (κ1) is 17.2. The fourth-order valence-electron chi connectivity index (χ4n) is 2.07. The molecule has 2 rings (SSSR count). The number of ether oxygens (including phenoxy) is 2. The number of rotatable bonds is 7. The number of thioether (sulfide) groups is 1. The van der Waals surface area contributed by atoms with Crippen molar-refractivity contribution >= 4 is 17.7 Å². The Bertz CT molecular complexity index is 643. The fraction of sp³-hybridized carbons (Fsp3) is 0.278. The van der Waals surface area contributed by atoms with E-state index in [4.69, 9.17) is 9.47 Å². The van der Waals surface area contributed by atoms with Crippen molar-refractivity contribution in [1.29, 1.82) is 0 Å². The van der Waals surface area contributed by atoms with Gasteiger partial charge in [0.05, 0.1) is 18.7 Å². The third-order valence-electron chi connectivity index (χ3n) is 3.29. The maximum Gasteiger partial charge on any atom is 0.252 e. The molecule has 0 aliphatic heterocycles. The Labute approximate surface area is 141 Å². The highest BCUT2D eigenvalue weighted by molar-refractivity contribution is 7.98. The lowest BCUT2D eigenvalue weighted by molar-refractivity contribution is 0.0923. The van der Waals surface area contributed by atoms with Crippen LogP contribution < -0.4 is 14.8 Å². The highest BCUT2D eigenvalue weighted by Gasteiger charge is 2.13. The van der Waals surface area contributed by atoms with Crippen molar-refractivity contribution in [3.8, 4) is 11.5 Å². The van der Waals surface area contributed by atoms with Crippen molar-refractivity contribution in [2.45, 2.75) is 17.9 Å². The predicted octanol–water partition coefficient (Wildman–Crippen LogP) is 3.61. The summed E-state index contributed by atoms with van der Waals surface area (Å²) in [6.07, 6.45) is 1.96. The van der Waals surface area contributed by atoms with Crippen molar-refractivity contribution in [3.63, 3.8) is 0 Å². The van der Waals surface area contributed by atoms with E-state index in [9.17, 15) is 4.79 Å². The average molecular weight is 331 g/mol. The van der Waals surface area contributed by atoms with Crippen molar-refractivity contribution in [2.24, 2.45) is 0 Å². The summed E-state index contributed by atoms with van der Waals surface area (Å²) in [7, 11) is 1.62. The molecule has 0 aliphatic rings. The van der Waals surface area contributed by atoms with E-state index in [0.29, 0.717) is 12.2 Å². The van der Waals surface area contributed by atoms with E-state index in [0.717, 1.165) is 16.4 Å². The lowest BCUT2D eigenvalue weighted by Crippen LogP contribution is -2.37. The Morgan fingerprint density at radius 3 is 2.43 bits per heavy atom. The Morgan fingerprint density at radius 1 is 1.13 bits per heavy atom. The van der Waals surface area contributed by atoms with Crippen LogP contribution in [0.3, 0.4) is 0 Å². The van der Waals surface area contributed by atoms with Crippen LogP contribution in [0.1, 0.15) is 17.3 Å². The summed E-state index contributed by atoms with van der Waals surface area (Å²) in [6.45, 7) is 2.32. The first-order valence-corrected chi connectivity index (χ1v) is 8.57. The van der Waals surface area contributed by atoms with Gasteiger partial charge in [-0.3, -0.25) is 4.79 Å². The van der Waals surface area contributed by atoms with E-state index in [1.54, 1.807) is 18.9 Å². The number of nitrogens with one attached hydrogen (secondary N) is 1. The molecular weight excluding hydrogens is 310 g/mol. The van der Waals surface area contributed by atoms with E-state index in [1.165, 1.54) is 0 Å². The van der Waals surface area contributed by atoms with Crippen LogP contribution in [0.5, 0.6) is 11.5 Å². The molecule has 5 heteroatoms. The van der Waals surface area contributed by atoms with Crippen LogP contribution in [0.15, 0.2) is 53.4 Å². The van der Waals surface area contributed by atoms with E-state index in [-0.39, 0.29) is 11.9 Å². The summed E-state index contributed by atoms with van der Waals surface area (Å²) in [5.74, 6) is 1.45. The summed E-state index contributed by atoms with van der Waals surface area (Å²) in [5, 5.41) is 2.96. The Kier molecular flexibility index (Phi) is 6.35. The number of carbonyl (C=O) groups excluding carboxylic acids is 1. The number of methoxy groups -OCH3 is 1. The maximum absolute atomic E-state index is 12.3. The van der Waals surface area contributed by atoms with Crippen LogP contribution in [0.2, 0.25) is 0 Å². The molecule has 0 spiro atoms. The van der Waals surface area contributed by atoms with Crippen molar-refractivity contribution in [3.05, 3.63) is 54.1 Å². The molecule has 4 nitrogen and oxygen atoms in total. The van der Waals surface area contributed by atoms with Gasteiger partial charge in [-0.05, 0) is 49.6 Å². The summed E-state index contributed by atoms with van der Waals surface area (Å²) >= 11 is 1.56.